The van der Waals surface area contributed by atoms with Gasteiger partial charge < -0.3 is 14.8 Å². The number of halogens is 1. The van der Waals surface area contributed by atoms with Crippen LogP contribution in [0.3, 0.4) is 0 Å². The van der Waals surface area contributed by atoms with Crippen molar-refractivity contribution < 1.29 is 23.9 Å². The zero-order valence-corrected chi connectivity index (χ0v) is 12.0. The van der Waals surface area contributed by atoms with Gasteiger partial charge in [0.05, 0.1) is 0 Å². The Labute approximate surface area is 121 Å². The molecule has 0 saturated heterocycles. The molecule has 0 atom stereocenters. The number of amides is 1. The van der Waals surface area contributed by atoms with Crippen LogP contribution in [0.15, 0.2) is 18.2 Å². The van der Waals surface area contributed by atoms with Crippen molar-refractivity contribution >= 4 is 35.1 Å². The van der Waals surface area contributed by atoms with Crippen LogP contribution in [0.1, 0.15) is 19.4 Å². The van der Waals surface area contributed by atoms with Crippen molar-refractivity contribution in [3.05, 3.63) is 28.8 Å². The number of carbonyl (C=O) groups excluding carboxylic acids is 3. The minimum atomic E-state index is -1.62. The summed E-state index contributed by atoms with van der Waals surface area (Å²) in [5, 5.41) is 3.02. The number of esters is 2. The molecule has 0 saturated carbocycles. The first kappa shape index (κ1) is 16.0. The highest BCUT2D eigenvalue weighted by Gasteiger charge is 2.25. The lowest BCUT2D eigenvalue weighted by Gasteiger charge is -2.17. The molecule has 0 unspecified atom stereocenters. The number of aryl methyl sites for hydroxylation is 1. The molecular weight excluding hydrogens is 286 g/mol. The Hall–Kier alpha value is -2.08. The van der Waals surface area contributed by atoms with Crippen molar-refractivity contribution in [1.29, 1.82) is 0 Å². The Balaban J connectivity index is 2.84. The van der Waals surface area contributed by atoms with Crippen LogP contribution >= 0.6 is 11.6 Å². The highest BCUT2D eigenvalue weighted by molar-refractivity contribution is 6.30. The molecule has 0 aromatic heterocycles. The molecule has 0 fully saturated rings. The van der Waals surface area contributed by atoms with E-state index in [4.69, 9.17) is 11.6 Å². The van der Waals surface area contributed by atoms with Gasteiger partial charge >= 0.3 is 24.1 Å². The molecule has 0 radical (unpaired) electrons. The lowest BCUT2D eigenvalue weighted by molar-refractivity contribution is -0.188. The number of nitrogens with one attached hydrogen (secondary N) is 1. The summed E-state index contributed by atoms with van der Waals surface area (Å²) in [6, 6.07) is 4.84. The Kier molecular flexibility index (Phi) is 5.52. The lowest BCUT2D eigenvalue weighted by Crippen LogP contribution is -2.35. The molecule has 1 amide bonds. The number of anilines is 1. The Bertz CT molecular complexity index is 528. The van der Waals surface area contributed by atoms with Crippen molar-refractivity contribution in [1.82, 2.24) is 0 Å². The summed E-state index contributed by atoms with van der Waals surface area (Å²) in [6.45, 7) is 3.96. The maximum absolute atomic E-state index is 11.9. The molecule has 0 aliphatic rings. The number of carbonyl (C=O) groups is 3. The van der Waals surface area contributed by atoms with Gasteiger partial charge in [0.15, 0.2) is 0 Å². The largest absolute Gasteiger partial charge is 0.416 e. The van der Waals surface area contributed by atoms with E-state index in [9.17, 15) is 14.4 Å². The van der Waals surface area contributed by atoms with Crippen LogP contribution in [0.25, 0.3) is 0 Å². The molecule has 0 aliphatic carbocycles. The molecule has 108 valence electrons. The zero-order chi connectivity index (χ0) is 15.3. The van der Waals surface area contributed by atoms with E-state index in [0.29, 0.717) is 10.7 Å². The minimum absolute atomic E-state index is 0.476. The van der Waals surface area contributed by atoms with Crippen molar-refractivity contribution in [2.75, 3.05) is 5.32 Å². The van der Waals surface area contributed by atoms with E-state index >= 15 is 0 Å². The average Bonchev–Trinajstić information content (AvgIpc) is 2.30. The van der Waals surface area contributed by atoms with E-state index in [1.54, 1.807) is 25.1 Å². The molecule has 0 spiro atoms. The second kappa shape index (κ2) is 6.91. The monoisotopic (exact) mass is 299 g/mol. The van der Waals surface area contributed by atoms with Crippen LogP contribution < -0.4 is 5.32 Å². The molecule has 7 heteroatoms. The quantitative estimate of drug-likeness (QED) is 0.679. The van der Waals surface area contributed by atoms with Gasteiger partial charge in [-0.2, -0.15) is 0 Å². The van der Waals surface area contributed by atoms with E-state index in [0.717, 1.165) is 19.4 Å². The smallest absolute Gasteiger partial charge is 0.326 e. The topological polar surface area (TPSA) is 81.7 Å². The van der Waals surface area contributed by atoms with E-state index in [1.807, 2.05) is 0 Å². The molecule has 6 nitrogen and oxygen atoms in total. The minimum Gasteiger partial charge on any atom is -0.416 e. The van der Waals surface area contributed by atoms with Gasteiger partial charge in [-0.15, -0.1) is 0 Å². The predicted octanol–water partition coefficient (Wildman–Crippen LogP) is 2.04. The van der Waals surface area contributed by atoms with E-state index in [2.05, 4.69) is 14.8 Å². The molecule has 0 bridgehead atoms. The average molecular weight is 300 g/mol. The summed E-state index contributed by atoms with van der Waals surface area (Å²) < 4.78 is 9.28. The first-order chi connectivity index (χ1) is 9.29. The van der Waals surface area contributed by atoms with Crippen LogP contribution in [-0.2, 0) is 23.9 Å². The second-order valence-corrected chi connectivity index (χ2v) is 4.44. The molecular formula is C13H14ClNO5. The normalized spacial score (nSPS) is 10.1. The van der Waals surface area contributed by atoms with Crippen LogP contribution in [0.2, 0.25) is 5.02 Å². The molecule has 1 aromatic carbocycles. The third-order valence-electron chi connectivity index (χ3n) is 2.21. The number of benzene rings is 1. The predicted molar refractivity (Wildman–Crippen MR) is 72.1 cm³/mol. The maximum Gasteiger partial charge on any atom is 0.326 e. The van der Waals surface area contributed by atoms with Gasteiger partial charge in [0.2, 0.25) is 0 Å². The van der Waals surface area contributed by atoms with Gasteiger partial charge in [-0.1, -0.05) is 11.6 Å². The molecule has 1 N–H and O–H groups in total. The number of ether oxygens (including phenoxy) is 2. The van der Waals surface area contributed by atoms with Crippen LogP contribution in [0, 0.1) is 6.92 Å². The first-order valence-electron chi connectivity index (χ1n) is 5.71. The second-order valence-electron chi connectivity index (χ2n) is 4.00. The van der Waals surface area contributed by atoms with Crippen LogP contribution in [0.4, 0.5) is 5.69 Å². The van der Waals surface area contributed by atoms with E-state index in [1.165, 1.54) is 0 Å². The van der Waals surface area contributed by atoms with Crippen molar-refractivity contribution in [2.24, 2.45) is 0 Å². The van der Waals surface area contributed by atoms with E-state index < -0.39 is 24.1 Å². The summed E-state index contributed by atoms with van der Waals surface area (Å²) in [5.41, 5.74) is 1.19. The van der Waals surface area contributed by atoms with Gasteiger partial charge in [-0.05, 0) is 30.7 Å². The molecule has 0 aliphatic heterocycles. The number of hydrogen-bond acceptors (Lipinski definition) is 5. The third-order valence-corrected chi connectivity index (χ3v) is 2.44. The summed E-state index contributed by atoms with van der Waals surface area (Å²) in [4.78, 5) is 33.7. The summed E-state index contributed by atoms with van der Waals surface area (Å²) in [7, 11) is 0. The SMILES string of the molecule is CC(=O)OC(OC(C)=O)C(=O)Nc1ccc(Cl)cc1C. The lowest BCUT2D eigenvalue weighted by atomic mass is 10.2. The Morgan fingerprint density at radius 2 is 1.70 bits per heavy atom. The number of rotatable bonds is 4. The van der Waals surface area contributed by atoms with Gasteiger partial charge in [0, 0.05) is 24.6 Å². The van der Waals surface area contributed by atoms with Gasteiger partial charge in [-0.3, -0.25) is 14.4 Å². The standard InChI is InChI=1S/C13H14ClNO5/c1-7-6-10(14)4-5-11(7)15-12(18)13(19-8(2)16)20-9(3)17/h4-6,13H,1-3H3,(H,15,18). The highest BCUT2D eigenvalue weighted by atomic mass is 35.5. The fourth-order valence-electron chi connectivity index (χ4n) is 1.39. The highest BCUT2D eigenvalue weighted by Crippen LogP contribution is 2.20. The van der Waals surface area contributed by atoms with E-state index in [-0.39, 0.29) is 0 Å². The summed E-state index contributed by atoms with van der Waals surface area (Å²) >= 11 is 5.80. The fourth-order valence-corrected chi connectivity index (χ4v) is 1.62. The van der Waals surface area contributed by atoms with Crippen LogP contribution in [0.5, 0.6) is 0 Å². The molecule has 1 rings (SSSR count). The van der Waals surface area contributed by atoms with Gasteiger partial charge in [0.25, 0.3) is 0 Å². The molecule has 0 heterocycles. The van der Waals surface area contributed by atoms with Crippen LogP contribution in [-0.4, -0.2) is 24.1 Å². The van der Waals surface area contributed by atoms with Crippen molar-refractivity contribution in [2.45, 2.75) is 27.1 Å². The fraction of sp³-hybridized carbons (Fsp3) is 0.308. The first-order valence-corrected chi connectivity index (χ1v) is 6.09. The Morgan fingerprint density at radius 1 is 1.15 bits per heavy atom. The molecule has 20 heavy (non-hydrogen) atoms. The van der Waals surface area contributed by atoms with Crippen molar-refractivity contribution in [3.8, 4) is 0 Å². The number of hydrogen-bond donors (Lipinski definition) is 1. The third kappa shape index (κ3) is 4.89. The Morgan fingerprint density at radius 3 is 2.15 bits per heavy atom. The summed E-state index contributed by atoms with van der Waals surface area (Å²) in [6.07, 6.45) is -1.62. The van der Waals surface area contributed by atoms with Crippen molar-refractivity contribution in [3.63, 3.8) is 0 Å². The van der Waals surface area contributed by atoms with Gasteiger partial charge in [0.1, 0.15) is 0 Å². The maximum atomic E-state index is 11.9. The summed E-state index contributed by atoms with van der Waals surface area (Å²) in [5.74, 6) is -2.24. The van der Waals surface area contributed by atoms with Gasteiger partial charge in [-0.25, -0.2) is 0 Å². The molecule has 1 aromatic rings. The zero-order valence-electron chi connectivity index (χ0n) is 11.2.